The van der Waals surface area contributed by atoms with E-state index in [-0.39, 0.29) is 19.0 Å². The summed E-state index contributed by atoms with van der Waals surface area (Å²) in [6, 6.07) is 31.9. The molecule has 0 bridgehead atoms. The molecule has 1 heterocycles. The predicted molar refractivity (Wildman–Crippen MR) is 272 cm³/mol. The molecule has 5 rings (SSSR count). The number of benzene rings is 4. The Hall–Kier alpha value is -6.09. The largest absolute Gasteiger partial charge is 0.550 e. The van der Waals surface area contributed by atoms with Crippen LogP contribution in [0.25, 0.3) is 0 Å². The molecule has 0 aliphatic rings. The number of ether oxygens (including phenoxy) is 3. The zero-order valence-electron chi connectivity index (χ0n) is 43.4. The number of pyridine rings is 1. The number of esters is 3. The molecule has 9 heteroatoms. The van der Waals surface area contributed by atoms with Crippen LogP contribution in [0.2, 0.25) is 0 Å². The van der Waals surface area contributed by atoms with Gasteiger partial charge in [0.2, 0.25) is 11.4 Å². The number of hydrogen-bond donors (Lipinski definition) is 0. The lowest BCUT2D eigenvalue weighted by Gasteiger charge is -2.18. The second-order valence-electron chi connectivity index (χ2n) is 20.4. The van der Waals surface area contributed by atoms with Gasteiger partial charge in [0.15, 0.2) is 6.20 Å². The average molecular weight is 940 g/mol. The molecule has 0 fully saturated rings. The minimum Gasteiger partial charge on any atom is -0.550 e. The number of aryl methyl sites for hydroxylation is 1. The van der Waals surface area contributed by atoms with Gasteiger partial charge in [-0.05, 0) is 115 Å². The fraction of sp³-hybridized carbons (Fsp3) is 0.450. The van der Waals surface area contributed by atoms with Crippen molar-refractivity contribution in [3.8, 4) is 5.75 Å². The molecule has 0 amide bonds. The van der Waals surface area contributed by atoms with Gasteiger partial charge in [0.1, 0.15) is 13.2 Å². The lowest BCUT2D eigenvalue weighted by atomic mass is 9.96. The average Bonchev–Trinajstić information content (AvgIpc) is 3.30. The van der Waals surface area contributed by atoms with Gasteiger partial charge >= 0.3 is 17.9 Å². The summed E-state index contributed by atoms with van der Waals surface area (Å²) in [5.74, 6) is -1.91. The number of rotatable bonds is 21. The third kappa shape index (κ3) is 17.4. The first kappa shape index (κ1) is 55.5. The van der Waals surface area contributed by atoms with Gasteiger partial charge in [-0.25, -0.2) is 4.98 Å². The topological polar surface area (TPSA) is 133 Å². The van der Waals surface area contributed by atoms with E-state index < -0.39 is 47.5 Å². The second-order valence-corrected chi connectivity index (χ2v) is 20.4. The van der Waals surface area contributed by atoms with E-state index in [4.69, 9.17) is 14.2 Å². The molecule has 0 saturated heterocycles. The van der Waals surface area contributed by atoms with E-state index in [1.807, 2.05) is 81.4 Å². The van der Waals surface area contributed by atoms with Crippen LogP contribution in [-0.4, -0.2) is 23.9 Å². The Morgan fingerprint density at radius 3 is 1.07 bits per heavy atom. The number of aromatic amines is 1. The van der Waals surface area contributed by atoms with Crippen LogP contribution in [0.1, 0.15) is 168 Å². The smallest absolute Gasteiger partial charge is 0.318 e. The van der Waals surface area contributed by atoms with Gasteiger partial charge in [0.05, 0.1) is 28.9 Å². The predicted octanol–water partition coefficient (Wildman–Crippen LogP) is 11.5. The Morgan fingerprint density at radius 2 is 0.754 bits per heavy atom. The van der Waals surface area contributed by atoms with Crippen molar-refractivity contribution in [1.82, 2.24) is 0 Å². The van der Waals surface area contributed by atoms with Crippen molar-refractivity contribution in [1.29, 1.82) is 0 Å². The molecule has 1 N–H and O–H groups in total. The van der Waals surface area contributed by atoms with Crippen LogP contribution in [0.3, 0.4) is 0 Å². The molecule has 0 radical (unpaired) electrons. The van der Waals surface area contributed by atoms with Crippen molar-refractivity contribution in [2.75, 3.05) is 0 Å². The van der Waals surface area contributed by atoms with Crippen LogP contribution in [-0.2, 0) is 67.5 Å². The van der Waals surface area contributed by atoms with E-state index in [0.717, 1.165) is 47.9 Å². The number of aliphatic carboxylic acids is 1. The molecule has 0 saturated carbocycles. The van der Waals surface area contributed by atoms with E-state index in [1.54, 1.807) is 20.0 Å². The van der Waals surface area contributed by atoms with Crippen LogP contribution in [0, 0.1) is 30.6 Å². The summed E-state index contributed by atoms with van der Waals surface area (Å²) in [6.07, 6.45) is 5.63. The Bertz CT molecular complexity index is 2420. The monoisotopic (exact) mass is 940 g/mol. The van der Waals surface area contributed by atoms with E-state index in [1.165, 1.54) is 22.3 Å². The van der Waals surface area contributed by atoms with E-state index in [9.17, 15) is 24.3 Å². The first-order valence-electron chi connectivity index (χ1n) is 24.8. The van der Waals surface area contributed by atoms with Gasteiger partial charge in [-0.3, -0.25) is 14.4 Å². The Labute approximate surface area is 412 Å². The lowest BCUT2D eigenvalue weighted by molar-refractivity contribution is -0.389. The highest BCUT2D eigenvalue weighted by molar-refractivity contribution is 5.81. The Morgan fingerprint density at radius 1 is 0.449 bits per heavy atom. The van der Waals surface area contributed by atoms with Gasteiger partial charge in [-0.15, -0.1) is 0 Å². The van der Waals surface area contributed by atoms with Crippen molar-refractivity contribution < 1.29 is 43.5 Å². The molecule has 4 aromatic carbocycles. The maximum Gasteiger partial charge on any atom is 0.318 e. The Kier molecular flexibility index (Phi) is 21.4. The number of H-pyrrole nitrogens is 1. The fourth-order valence-electron chi connectivity index (χ4n) is 8.08. The zero-order valence-corrected chi connectivity index (χ0v) is 43.4. The fourth-order valence-corrected chi connectivity index (χ4v) is 8.08. The molecule has 1 aromatic heterocycles. The number of carbonyl (C=O) groups is 4. The molecule has 0 aliphatic carbocycles. The van der Waals surface area contributed by atoms with Crippen LogP contribution in [0.15, 0.2) is 103 Å². The first-order valence-corrected chi connectivity index (χ1v) is 24.8. The van der Waals surface area contributed by atoms with Crippen molar-refractivity contribution >= 4 is 23.9 Å². The van der Waals surface area contributed by atoms with E-state index in [0.29, 0.717) is 40.5 Å². The molecular weight excluding hydrogens is 863 g/mol. The summed E-state index contributed by atoms with van der Waals surface area (Å²) in [7, 11) is 0. The van der Waals surface area contributed by atoms with Crippen molar-refractivity contribution in [2.45, 2.75) is 153 Å². The molecule has 9 nitrogen and oxygen atoms in total. The number of carboxylic acid groups (broad SMARTS) is 1. The quantitative estimate of drug-likeness (QED) is 0.0664. The van der Waals surface area contributed by atoms with E-state index >= 15 is 0 Å². The molecule has 5 aromatic rings. The van der Waals surface area contributed by atoms with Gasteiger partial charge in [-0.2, -0.15) is 0 Å². The SMILES string of the molecule is CC(C)Cc1ccc(C(C)C(=O)[O-])cc1.Cc1[nH+]cc(COC(=O)C(C)c2ccc(CC(C)C)cc2)c(COC(=O)C(C)c2ccc(CC(C)C)cc2)c1OC(=O)C(C)c1ccc(CC(C)C)cc1. The van der Waals surface area contributed by atoms with Crippen LogP contribution < -0.4 is 14.8 Å². The first-order chi connectivity index (χ1) is 32.6. The minimum absolute atomic E-state index is 0.109. The summed E-state index contributed by atoms with van der Waals surface area (Å²) in [5, 5.41) is 10.7. The van der Waals surface area contributed by atoms with Gasteiger partial charge in [0.25, 0.3) is 0 Å². The van der Waals surface area contributed by atoms with Crippen molar-refractivity contribution in [3.63, 3.8) is 0 Å². The number of hydrogen-bond acceptors (Lipinski definition) is 8. The molecular formula is C60H77NO8. The molecule has 0 spiro atoms. The van der Waals surface area contributed by atoms with Crippen LogP contribution >= 0.6 is 0 Å². The zero-order chi connectivity index (χ0) is 50.9. The Balaban J connectivity index is 0.000000587. The van der Waals surface area contributed by atoms with Crippen molar-refractivity contribution in [3.05, 3.63) is 165 Å². The second kappa shape index (κ2) is 26.6. The standard InChI is InChI=1S/C47H59NO6.C13H18O2/c1-29(2)23-36-11-17-39(18-12-36)32(7)45(49)52-27-42-26-48-35(10)44(54-47(51)34(9)41-21-15-38(16-22-41)25-31(5)6)43(42)28-53-46(50)33(8)40-19-13-37(14-20-40)24-30(3)4;1-9(2)8-11-4-6-12(7-5-11)10(3)13(14)15/h11-22,26,29-34H,23-25,27-28H2,1-10H3;4-7,9-10H,8H2,1-3H3,(H,14,15). The van der Waals surface area contributed by atoms with Crippen LogP contribution in [0.4, 0.5) is 0 Å². The molecule has 370 valence electrons. The third-order valence-corrected chi connectivity index (χ3v) is 12.3. The lowest BCUT2D eigenvalue weighted by Crippen LogP contribution is -2.27. The normalized spacial score (nSPS) is 13.1. The van der Waals surface area contributed by atoms with Gasteiger partial charge < -0.3 is 24.1 Å². The van der Waals surface area contributed by atoms with Crippen molar-refractivity contribution in [2.24, 2.45) is 23.7 Å². The number of nitrogens with one attached hydrogen (secondary N) is 1. The van der Waals surface area contributed by atoms with Gasteiger partial charge in [-0.1, -0.05) is 159 Å². The highest BCUT2D eigenvalue weighted by atomic mass is 16.6. The summed E-state index contributed by atoms with van der Waals surface area (Å²) < 4.78 is 17.9. The molecule has 4 atom stereocenters. The number of aromatic nitrogens is 1. The highest BCUT2D eigenvalue weighted by Crippen LogP contribution is 2.30. The summed E-state index contributed by atoms with van der Waals surface area (Å²) in [6.45, 7) is 26.0. The molecule has 0 aliphatic heterocycles. The van der Waals surface area contributed by atoms with Gasteiger partial charge in [0, 0.05) is 18.8 Å². The number of carboxylic acids is 1. The molecule has 4 unspecified atom stereocenters. The maximum absolute atomic E-state index is 13.7. The molecule has 69 heavy (non-hydrogen) atoms. The van der Waals surface area contributed by atoms with E-state index in [2.05, 4.69) is 96.8 Å². The summed E-state index contributed by atoms with van der Waals surface area (Å²) >= 11 is 0. The summed E-state index contributed by atoms with van der Waals surface area (Å²) in [5.41, 5.74) is 9.85. The third-order valence-electron chi connectivity index (χ3n) is 12.3. The van der Waals surface area contributed by atoms with Crippen LogP contribution in [0.5, 0.6) is 5.75 Å². The maximum atomic E-state index is 13.7. The minimum atomic E-state index is -1.02. The summed E-state index contributed by atoms with van der Waals surface area (Å²) in [4.78, 5) is 54.3. The number of carbonyl (C=O) groups excluding carboxylic acids is 4. The highest BCUT2D eigenvalue weighted by Gasteiger charge is 2.28.